The van der Waals surface area contributed by atoms with Crippen LogP contribution >= 0.6 is 0 Å². The minimum absolute atomic E-state index is 0.109. The summed E-state index contributed by atoms with van der Waals surface area (Å²) >= 11 is 0. The van der Waals surface area contributed by atoms with E-state index in [0.29, 0.717) is 24.9 Å². The molecule has 2 atom stereocenters. The molecule has 1 amide bonds. The van der Waals surface area contributed by atoms with Crippen molar-refractivity contribution in [1.29, 1.82) is 0 Å². The highest BCUT2D eigenvalue weighted by molar-refractivity contribution is 7.92. The number of carbonyl (C=O) groups is 1. The van der Waals surface area contributed by atoms with Gasteiger partial charge in [0.05, 0.1) is 4.90 Å². The molecule has 0 saturated carbocycles. The van der Waals surface area contributed by atoms with Gasteiger partial charge in [-0.3, -0.25) is 4.79 Å². The van der Waals surface area contributed by atoms with Crippen LogP contribution in [-0.2, 0) is 14.6 Å². The number of sulfone groups is 1. The quantitative estimate of drug-likeness (QED) is 0.890. The van der Waals surface area contributed by atoms with E-state index in [2.05, 4.69) is 0 Å². The molecular formula is C19H21NO4S. The fourth-order valence-electron chi connectivity index (χ4n) is 3.13. The summed E-state index contributed by atoms with van der Waals surface area (Å²) in [4.78, 5) is 13.6. The molecular weight excluding hydrogens is 338 g/mol. The summed E-state index contributed by atoms with van der Waals surface area (Å²) in [7, 11) is -3.93. The number of nitrogens with zero attached hydrogens (tertiary/aromatic N) is 1. The van der Waals surface area contributed by atoms with Crippen molar-refractivity contribution in [3.63, 3.8) is 0 Å². The Labute approximate surface area is 147 Å². The van der Waals surface area contributed by atoms with E-state index in [1.807, 2.05) is 6.92 Å². The van der Waals surface area contributed by atoms with Gasteiger partial charge < -0.3 is 10.0 Å². The van der Waals surface area contributed by atoms with Crippen molar-refractivity contribution in [2.75, 3.05) is 6.54 Å². The largest absolute Gasteiger partial charge is 0.385 e. The summed E-state index contributed by atoms with van der Waals surface area (Å²) in [5, 5.41) is 9.51. The molecule has 3 rings (SSSR count). The van der Waals surface area contributed by atoms with Gasteiger partial charge in [-0.15, -0.1) is 0 Å². The Morgan fingerprint density at radius 3 is 2.24 bits per heavy atom. The molecule has 1 heterocycles. The van der Waals surface area contributed by atoms with Gasteiger partial charge in [-0.05, 0) is 31.0 Å². The predicted molar refractivity (Wildman–Crippen MR) is 94.5 cm³/mol. The molecule has 1 fully saturated rings. The SMILES string of the molecule is Cc1ccc(S(=O)(=O)[C@@H]([C@H](O)c2ccccc2)N2CCCC2=O)cc1. The Kier molecular flexibility index (Phi) is 4.92. The van der Waals surface area contributed by atoms with Gasteiger partial charge >= 0.3 is 0 Å². The molecule has 2 aromatic carbocycles. The van der Waals surface area contributed by atoms with Crippen molar-refractivity contribution < 1.29 is 18.3 Å². The normalized spacial score (nSPS) is 17.5. The molecule has 1 saturated heterocycles. The summed E-state index contributed by atoms with van der Waals surface area (Å²) in [5.41, 5.74) is 1.42. The van der Waals surface area contributed by atoms with Crippen LogP contribution in [0.25, 0.3) is 0 Å². The number of carbonyl (C=O) groups excluding carboxylic acids is 1. The predicted octanol–water partition coefficient (Wildman–Crippen LogP) is 2.45. The molecule has 1 aliphatic rings. The van der Waals surface area contributed by atoms with Gasteiger partial charge in [0.25, 0.3) is 0 Å². The van der Waals surface area contributed by atoms with Crippen molar-refractivity contribution in [1.82, 2.24) is 4.90 Å². The van der Waals surface area contributed by atoms with Crippen LogP contribution in [0.2, 0.25) is 0 Å². The van der Waals surface area contributed by atoms with Gasteiger partial charge in [0, 0.05) is 13.0 Å². The third-order valence-electron chi connectivity index (χ3n) is 4.50. The Morgan fingerprint density at radius 2 is 1.68 bits per heavy atom. The number of hydrogen-bond donors (Lipinski definition) is 1. The number of benzene rings is 2. The number of aliphatic hydroxyl groups is 1. The number of aliphatic hydroxyl groups excluding tert-OH is 1. The highest BCUT2D eigenvalue weighted by Crippen LogP contribution is 2.32. The molecule has 0 aliphatic carbocycles. The lowest BCUT2D eigenvalue weighted by Crippen LogP contribution is -2.46. The number of aryl methyl sites for hydroxylation is 1. The minimum atomic E-state index is -3.93. The fourth-order valence-corrected chi connectivity index (χ4v) is 4.98. The number of hydrogen-bond acceptors (Lipinski definition) is 4. The summed E-state index contributed by atoms with van der Waals surface area (Å²) in [6.45, 7) is 2.20. The van der Waals surface area contributed by atoms with Gasteiger partial charge in [0.15, 0.2) is 5.37 Å². The molecule has 6 heteroatoms. The van der Waals surface area contributed by atoms with Gasteiger partial charge in [-0.2, -0.15) is 0 Å². The first-order chi connectivity index (χ1) is 11.9. The van der Waals surface area contributed by atoms with Crippen LogP contribution in [0, 0.1) is 6.92 Å². The van der Waals surface area contributed by atoms with Gasteiger partial charge in [0.2, 0.25) is 15.7 Å². The lowest BCUT2D eigenvalue weighted by atomic mass is 10.1. The molecule has 132 valence electrons. The van der Waals surface area contributed by atoms with E-state index >= 15 is 0 Å². The monoisotopic (exact) mass is 359 g/mol. The van der Waals surface area contributed by atoms with Crippen LogP contribution in [0.3, 0.4) is 0 Å². The first-order valence-corrected chi connectivity index (χ1v) is 9.79. The Morgan fingerprint density at radius 1 is 1.04 bits per heavy atom. The van der Waals surface area contributed by atoms with E-state index in [1.54, 1.807) is 42.5 Å². The molecule has 1 N–H and O–H groups in total. The zero-order valence-electron chi connectivity index (χ0n) is 14.0. The molecule has 25 heavy (non-hydrogen) atoms. The molecule has 1 aliphatic heterocycles. The summed E-state index contributed by atoms with van der Waals surface area (Å²) in [6, 6.07) is 15.1. The van der Waals surface area contributed by atoms with Crippen LogP contribution in [0.5, 0.6) is 0 Å². The Hall–Kier alpha value is -2.18. The molecule has 5 nitrogen and oxygen atoms in total. The van der Waals surface area contributed by atoms with Crippen molar-refractivity contribution in [3.05, 3.63) is 65.7 Å². The first-order valence-electron chi connectivity index (χ1n) is 8.24. The van der Waals surface area contributed by atoms with Crippen molar-refractivity contribution in [3.8, 4) is 0 Å². The van der Waals surface area contributed by atoms with Gasteiger partial charge in [-0.25, -0.2) is 8.42 Å². The van der Waals surface area contributed by atoms with Crippen molar-refractivity contribution >= 4 is 15.7 Å². The maximum absolute atomic E-state index is 13.2. The lowest BCUT2D eigenvalue weighted by Gasteiger charge is -2.31. The molecule has 0 radical (unpaired) electrons. The number of rotatable bonds is 5. The van der Waals surface area contributed by atoms with E-state index in [1.165, 1.54) is 17.0 Å². The van der Waals surface area contributed by atoms with E-state index in [-0.39, 0.29) is 10.8 Å². The van der Waals surface area contributed by atoms with Crippen LogP contribution in [0.4, 0.5) is 0 Å². The van der Waals surface area contributed by atoms with Gasteiger partial charge in [0.1, 0.15) is 6.10 Å². The molecule has 2 aromatic rings. The van der Waals surface area contributed by atoms with Gasteiger partial charge in [-0.1, -0.05) is 48.0 Å². The highest BCUT2D eigenvalue weighted by Gasteiger charge is 2.43. The molecule has 0 unspecified atom stereocenters. The van der Waals surface area contributed by atoms with E-state index in [9.17, 15) is 18.3 Å². The molecule has 0 bridgehead atoms. The van der Waals surface area contributed by atoms with Crippen molar-refractivity contribution in [2.24, 2.45) is 0 Å². The summed E-state index contributed by atoms with van der Waals surface area (Å²) in [6.07, 6.45) is -0.406. The third-order valence-corrected chi connectivity index (χ3v) is 6.57. The van der Waals surface area contributed by atoms with Crippen LogP contribution < -0.4 is 0 Å². The van der Waals surface area contributed by atoms with Crippen molar-refractivity contribution in [2.45, 2.75) is 36.1 Å². The third kappa shape index (κ3) is 3.45. The Balaban J connectivity index is 2.07. The smallest absolute Gasteiger partial charge is 0.223 e. The van der Waals surface area contributed by atoms with Crippen LogP contribution in [0.15, 0.2) is 59.5 Å². The standard InChI is InChI=1S/C19H21NO4S/c1-14-9-11-16(12-10-14)25(23,24)19(20-13-5-8-17(20)21)18(22)15-6-3-2-4-7-15/h2-4,6-7,9-12,18-19,22H,5,8,13H2,1H3/t18-,19+/m1/s1. The van der Waals surface area contributed by atoms with E-state index in [0.717, 1.165) is 5.56 Å². The number of likely N-dealkylation sites (tertiary alicyclic amines) is 1. The second-order valence-corrected chi connectivity index (χ2v) is 8.34. The average Bonchev–Trinajstić information content (AvgIpc) is 3.01. The summed E-state index contributed by atoms with van der Waals surface area (Å²) < 4.78 is 26.5. The second kappa shape index (κ2) is 6.98. The Bertz CT molecular complexity index is 847. The molecule has 0 aromatic heterocycles. The zero-order chi connectivity index (χ0) is 18.0. The molecule has 0 spiro atoms. The maximum atomic E-state index is 13.2. The summed E-state index contributed by atoms with van der Waals surface area (Å²) in [5.74, 6) is -0.240. The average molecular weight is 359 g/mol. The van der Waals surface area contributed by atoms with E-state index in [4.69, 9.17) is 0 Å². The van der Waals surface area contributed by atoms with Crippen LogP contribution in [0.1, 0.15) is 30.1 Å². The van der Waals surface area contributed by atoms with E-state index < -0.39 is 21.3 Å². The minimum Gasteiger partial charge on any atom is -0.385 e. The topological polar surface area (TPSA) is 74.7 Å². The zero-order valence-corrected chi connectivity index (χ0v) is 14.8. The maximum Gasteiger partial charge on any atom is 0.223 e. The fraction of sp³-hybridized carbons (Fsp3) is 0.316. The lowest BCUT2D eigenvalue weighted by molar-refractivity contribution is -0.130. The number of amides is 1. The van der Waals surface area contributed by atoms with Crippen LogP contribution in [-0.4, -0.2) is 36.3 Å². The second-order valence-electron chi connectivity index (χ2n) is 6.29. The highest BCUT2D eigenvalue weighted by atomic mass is 32.2. The first kappa shape index (κ1) is 17.6.